The molecule has 0 atom stereocenters. The summed E-state index contributed by atoms with van der Waals surface area (Å²) in [6, 6.07) is 1.94. The Kier molecular flexibility index (Phi) is 1.42. The lowest BCUT2D eigenvalue weighted by atomic mass is 10.0. The van der Waals surface area contributed by atoms with Crippen molar-refractivity contribution in [2.45, 2.75) is 19.4 Å². The summed E-state index contributed by atoms with van der Waals surface area (Å²) >= 11 is 0. The fourth-order valence-corrected chi connectivity index (χ4v) is 0.947. The minimum absolute atomic E-state index is 0.176. The molecule has 0 saturated carbocycles. The van der Waals surface area contributed by atoms with Gasteiger partial charge in [-0.25, -0.2) is 0 Å². The first kappa shape index (κ1) is 7.10. The van der Waals surface area contributed by atoms with Gasteiger partial charge in [-0.15, -0.1) is 0 Å². The number of nitrogens with zero attached hydrogens (tertiary/aromatic N) is 1. The van der Waals surface area contributed by atoms with Crippen LogP contribution in [0.2, 0.25) is 0 Å². The van der Waals surface area contributed by atoms with E-state index in [0.717, 1.165) is 0 Å². The molecule has 0 aliphatic carbocycles. The molecule has 0 radical (unpaired) electrons. The van der Waals surface area contributed by atoms with Crippen LogP contribution in [0.5, 0.6) is 0 Å². The molecular formula is C7H10N2O. The predicted octanol–water partition coefficient (Wildman–Crippen LogP) is 0.704. The summed E-state index contributed by atoms with van der Waals surface area (Å²) in [4.78, 5) is 0. The molecule has 1 aliphatic rings. The van der Waals surface area contributed by atoms with Gasteiger partial charge in [-0.05, 0) is 13.8 Å². The summed E-state index contributed by atoms with van der Waals surface area (Å²) in [7, 11) is 0. The van der Waals surface area contributed by atoms with Gasteiger partial charge in [0.25, 0.3) is 0 Å². The lowest BCUT2D eigenvalue weighted by molar-refractivity contribution is 0.308. The summed E-state index contributed by atoms with van der Waals surface area (Å²) in [5.41, 5.74) is 0.0374. The van der Waals surface area contributed by atoms with Crippen LogP contribution in [0.25, 0.3) is 0 Å². The van der Waals surface area contributed by atoms with Crippen LogP contribution in [0.15, 0.2) is 11.3 Å². The van der Waals surface area contributed by atoms with Gasteiger partial charge >= 0.3 is 0 Å². The highest BCUT2D eigenvalue weighted by Gasteiger charge is 2.31. The SMILES string of the molecule is CC1(C)NCC(C#N)=C1O. The van der Waals surface area contributed by atoms with Crippen LogP contribution in [0.4, 0.5) is 0 Å². The maximum atomic E-state index is 9.31. The fraction of sp³-hybridized carbons (Fsp3) is 0.571. The maximum Gasteiger partial charge on any atom is 0.127 e. The van der Waals surface area contributed by atoms with Crippen molar-refractivity contribution in [1.82, 2.24) is 5.32 Å². The Labute approximate surface area is 60.0 Å². The van der Waals surface area contributed by atoms with E-state index in [1.54, 1.807) is 0 Å². The Bertz CT molecular complexity index is 222. The molecule has 1 aliphatic heterocycles. The minimum Gasteiger partial charge on any atom is -0.509 e. The number of rotatable bonds is 0. The van der Waals surface area contributed by atoms with E-state index in [2.05, 4.69) is 5.32 Å². The number of hydrogen-bond donors (Lipinski definition) is 2. The van der Waals surface area contributed by atoms with Gasteiger partial charge in [0.2, 0.25) is 0 Å². The Morgan fingerprint density at radius 2 is 2.30 bits per heavy atom. The normalized spacial score (nSPS) is 22.9. The van der Waals surface area contributed by atoms with Crippen LogP contribution < -0.4 is 5.32 Å². The van der Waals surface area contributed by atoms with Gasteiger partial charge in [0, 0.05) is 6.54 Å². The first-order valence-corrected chi connectivity index (χ1v) is 3.15. The third-order valence-corrected chi connectivity index (χ3v) is 1.72. The van der Waals surface area contributed by atoms with Crippen molar-refractivity contribution in [2.24, 2.45) is 0 Å². The number of nitriles is 1. The van der Waals surface area contributed by atoms with E-state index < -0.39 is 5.54 Å². The van der Waals surface area contributed by atoms with Gasteiger partial charge in [0.15, 0.2) is 0 Å². The summed E-state index contributed by atoms with van der Waals surface area (Å²) in [5, 5.41) is 20.8. The molecule has 0 aromatic carbocycles. The van der Waals surface area contributed by atoms with Crippen molar-refractivity contribution >= 4 is 0 Å². The zero-order valence-electron chi connectivity index (χ0n) is 6.10. The molecule has 1 heterocycles. The van der Waals surface area contributed by atoms with Crippen molar-refractivity contribution in [1.29, 1.82) is 5.26 Å². The molecule has 3 nitrogen and oxygen atoms in total. The van der Waals surface area contributed by atoms with Gasteiger partial charge < -0.3 is 10.4 Å². The molecule has 0 spiro atoms. The highest BCUT2D eigenvalue weighted by Crippen LogP contribution is 2.22. The molecule has 0 unspecified atom stereocenters. The molecule has 0 saturated heterocycles. The molecule has 54 valence electrons. The zero-order valence-corrected chi connectivity index (χ0v) is 6.10. The molecule has 0 bridgehead atoms. The third kappa shape index (κ3) is 0.869. The Morgan fingerprint density at radius 3 is 2.50 bits per heavy atom. The van der Waals surface area contributed by atoms with Crippen LogP contribution in [0.1, 0.15) is 13.8 Å². The van der Waals surface area contributed by atoms with E-state index >= 15 is 0 Å². The molecule has 10 heavy (non-hydrogen) atoms. The standard InChI is InChI=1S/C7H10N2O/c1-7(2)6(10)5(3-8)4-9-7/h9-10H,4H2,1-2H3. The Hall–Kier alpha value is -1.01. The monoisotopic (exact) mass is 138 g/mol. The van der Waals surface area contributed by atoms with Crippen LogP contribution in [0, 0.1) is 11.3 Å². The molecule has 0 fully saturated rings. The number of aliphatic hydroxyl groups is 1. The third-order valence-electron chi connectivity index (χ3n) is 1.72. The van der Waals surface area contributed by atoms with Gasteiger partial charge in [-0.2, -0.15) is 5.26 Å². The second-order valence-electron chi connectivity index (χ2n) is 2.92. The molecular weight excluding hydrogens is 128 g/mol. The molecule has 1 rings (SSSR count). The fourth-order valence-electron chi connectivity index (χ4n) is 0.947. The average Bonchev–Trinajstić information content (AvgIpc) is 2.10. The predicted molar refractivity (Wildman–Crippen MR) is 37.3 cm³/mol. The summed E-state index contributed by atoms with van der Waals surface area (Å²) < 4.78 is 0. The molecule has 2 N–H and O–H groups in total. The smallest absolute Gasteiger partial charge is 0.127 e. The van der Waals surface area contributed by atoms with Crippen LogP contribution in [-0.2, 0) is 0 Å². The Balaban J connectivity index is 2.98. The van der Waals surface area contributed by atoms with E-state index in [1.165, 1.54) is 0 Å². The number of aliphatic hydroxyl groups excluding tert-OH is 1. The van der Waals surface area contributed by atoms with Gasteiger partial charge in [0.05, 0.1) is 17.2 Å². The van der Waals surface area contributed by atoms with Crippen molar-refractivity contribution in [3.05, 3.63) is 11.3 Å². The first-order valence-electron chi connectivity index (χ1n) is 3.15. The van der Waals surface area contributed by atoms with Gasteiger partial charge in [-0.3, -0.25) is 0 Å². The summed E-state index contributed by atoms with van der Waals surface area (Å²) in [6.07, 6.45) is 0. The van der Waals surface area contributed by atoms with Gasteiger partial charge in [-0.1, -0.05) is 0 Å². The quantitative estimate of drug-likeness (QED) is 0.518. The lowest BCUT2D eigenvalue weighted by Gasteiger charge is -2.17. The second kappa shape index (κ2) is 1.99. The van der Waals surface area contributed by atoms with E-state index in [1.807, 2.05) is 19.9 Å². The molecule has 0 amide bonds. The lowest BCUT2D eigenvalue weighted by Crippen LogP contribution is -2.35. The zero-order chi connectivity index (χ0) is 7.78. The van der Waals surface area contributed by atoms with E-state index in [9.17, 15) is 5.11 Å². The topological polar surface area (TPSA) is 56.0 Å². The highest BCUT2D eigenvalue weighted by molar-refractivity contribution is 5.35. The van der Waals surface area contributed by atoms with Crippen molar-refractivity contribution in [3.8, 4) is 6.07 Å². The molecule has 3 heteroatoms. The summed E-state index contributed by atoms with van der Waals surface area (Å²) in [5.74, 6) is 0.176. The van der Waals surface area contributed by atoms with Crippen molar-refractivity contribution in [3.63, 3.8) is 0 Å². The van der Waals surface area contributed by atoms with Crippen LogP contribution >= 0.6 is 0 Å². The number of nitrogens with one attached hydrogen (secondary N) is 1. The largest absolute Gasteiger partial charge is 0.509 e. The maximum absolute atomic E-state index is 9.31. The molecule has 0 aromatic rings. The first-order chi connectivity index (χ1) is 4.58. The van der Waals surface area contributed by atoms with E-state index in [0.29, 0.717) is 12.1 Å². The van der Waals surface area contributed by atoms with Crippen LogP contribution in [-0.4, -0.2) is 17.2 Å². The second-order valence-corrected chi connectivity index (χ2v) is 2.92. The van der Waals surface area contributed by atoms with Gasteiger partial charge in [0.1, 0.15) is 5.76 Å². The van der Waals surface area contributed by atoms with Crippen molar-refractivity contribution < 1.29 is 5.11 Å². The minimum atomic E-state index is -0.412. The van der Waals surface area contributed by atoms with E-state index in [-0.39, 0.29) is 5.76 Å². The van der Waals surface area contributed by atoms with Crippen LogP contribution in [0.3, 0.4) is 0 Å². The van der Waals surface area contributed by atoms with Crippen molar-refractivity contribution in [2.75, 3.05) is 6.54 Å². The Morgan fingerprint density at radius 1 is 1.70 bits per heavy atom. The average molecular weight is 138 g/mol. The molecule has 0 aromatic heterocycles. The summed E-state index contributed by atoms with van der Waals surface area (Å²) in [6.45, 7) is 4.16. The number of hydrogen-bond acceptors (Lipinski definition) is 3. The highest BCUT2D eigenvalue weighted by atomic mass is 16.3. The van der Waals surface area contributed by atoms with E-state index in [4.69, 9.17) is 5.26 Å².